The third kappa shape index (κ3) is 3.66. The quantitative estimate of drug-likeness (QED) is 0.636. The van der Waals surface area contributed by atoms with Gasteiger partial charge in [0, 0.05) is 44.1 Å². The van der Waals surface area contributed by atoms with E-state index in [1.165, 1.54) is 0 Å². The smallest absolute Gasteiger partial charge is 0.272 e. The minimum Gasteiger partial charge on any atom is -0.353 e. The van der Waals surface area contributed by atoms with Crippen LogP contribution in [0.4, 0.5) is 5.82 Å². The van der Waals surface area contributed by atoms with E-state index in [2.05, 4.69) is 19.9 Å². The number of nitrogens with zero attached hydrogens (tertiary/aromatic N) is 6. The molecule has 1 aliphatic rings. The number of piperazine rings is 1. The molecule has 8 heteroatoms. The summed E-state index contributed by atoms with van der Waals surface area (Å²) < 4.78 is 0. The summed E-state index contributed by atoms with van der Waals surface area (Å²) in [7, 11) is 0. The number of amides is 1. The summed E-state index contributed by atoms with van der Waals surface area (Å²) in [6, 6.07) is 11.0. The number of carbonyl (C=O) groups is 1. The van der Waals surface area contributed by atoms with Crippen LogP contribution >= 0.6 is 11.6 Å². The highest BCUT2D eigenvalue weighted by Crippen LogP contribution is 2.27. The second-order valence-electron chi connectivity index (χ2n) is 6.50. The van der Waals surface area contributed by atoms with Gasteiger partial charge in [-0.15, -0.1) is 0 Å². The molecule has 28 heavy (non-hydrogen) atoms. The minimum atomic E-state index is -0.0492. The Bertz CT molecular complexity index is 975. The summed E-state index contributed by atoms with van der Waals surface area (Å²) in [6.07, 6.45) is 3.34. The van der Waals surface area contributed by atoms with Gasteiger partial charge in [0.15, 0.2) is 5.82 Å². The zero-order chi connectivity index (χ0) is 19.5. The van der Waals surface area contributed by atoms with E-state index in [1.807, 2.05) is 36.1 Å². The summed E-state index contributed by atoms with van der Waals surface area (Å²) in [5.41, 5.74) is 1.97. The maximum absolute atomic E-state index is 12.6. The van der Waals surface area contributed by atoms with Crippen molar-refractivity contribution >= 4 is 23.3 Å². The molecule has 0 spiro atoms. The van der Waals surface area contributed by atoms with Crippen molar-refractivity contribution in [1.29, 1.82) is 0 Å². The summed E-state index contributed by atoms with van der Waals surface area (Å²) in [4.78, 5) is 34.1. The molecule has 0 radical (unpaired) electrons. The number of anilines is 1. The molecule has 1 amide bonds. The zero-order valence-corrected chi connectivity index (χ0v) is 16.2. The average Bonchev–Trinajstić information content (AvgIpc) is 2.76. The number of aromatic nitrogens is 4. The minimum absolute atomic E-state index is 0.0492. The van der Waals surface area contributed by atoms with Gasteiger partial charge in [-0.25, -0.2) is 9.97 Å². The van der Waals surface area contributed by atoms with E-state index in [0.717, 1.165) is 11.4 Å². The van der Waals surface area contributed by atoms with Crippen LogP contribution < -0.4 is 4.90 Å². The molecule has 0 bridgehead atoms. The summed E-state index contributed by atoms with van der Waals surface area (Å²) in [6.45, 7) is 4.42. The summed E-state index contributed by atoms with van der Waals surface area (Å²) in [5, 5.41) is 0.414. The number of rotatable bonds is 3. The van der Waals surface area contributed by atoms with Crippen LogP contribution in [-0.2, 0) is 0 Å². The molecular formula is C20H19ClN6O. The Hall–Kier alpha value is -3.06. The van der Waals surface area contributed by atoms with Crippen molar-refractivity contribution in [2.75, 3.05) is 31.1 Å². The Morgan fingerprint density at radius 2 is 1.68 bits per heavy atom. The van der Waals surface area contributed by atoms with Crippen LogP contribution in [-0.4, -0.2) is 56.9 Å². The molecule has 0 aliphatic carbocycles. The Morgan fingerprint density at radius 1 is 0.964 bits per heavy atom. The molecule has 3 aromatic rings. The monoisotopic (exact) mass is 394 g/mol. The first-order chi connectivity index (χ1) is 13.6. The predicted octanol–water partition coefficient (Wildman–Crippen LogP) is 2.86. The number of halogens is 1. The van der Waals surface area contributed by atoms with Gasteiger partial charge in [-0.3, -0.25) is 14.8 Å². The predicted molar refractivity (Wildman–Crippen MR) is 107 cm³/mol. The zero-order valence-electron chi connectivity index (χ0n) is 15.4. The highest BCUT2D eigenvalue weighted by atomic mass is 35.5. The lowest BCUT2D eigenvalue weighted by atomic mass is 10.2. The number of hydrogen-bond donors (Lipinski definition) is 0. The Kier molecular flexibility index (Phi) is 5.16. The number of carbonyl (C=O) groups excluding carboxylic acids is 1. The SMILES string of the molecule is Cc1c(Cl)nc(-c2ccccn2)nc1N1CCN(C(=O)c2ccccn2)CC1. The lowest BCUT2D eigenvalue weighted by Crippen LogP contribution is -2.49. The lowest BCUT2D eigenvalue weighted by Gasteiger charge is -2.36. The summed E-state index contributed by atoms with van der Waals surface area (Å²) >= 11 is 6.37. The van der Waals surface area contributed by atoms with Gasteiger partial charge in [0.05, 0.1) is 0 Å². The van der Waals surface area contributed by atoms with E-state index in [0.29, 0.717) is 48.5 Å². The average molecular weight is 395 g/mol. The fourth-order valence-corrected chi connectivity index (χ4v) is 3.33. The Morgan fingerprint density at radius 3 is 2.32 bits per heavy atom. The molecule has 1 fully saturated rings. The van der Waals surface area contributed by atoms with Crippen molar-refractivity contribution in [2.24, 2.45) is 0 Å². The molecule has 142 valence electrons. The van der Waals surface area contributed by atoms with E-state index in [4.69, 9.17) is 16.6 Å². The first kappa shape index (κ1) is 18.3. The fraction of sp³-hybridized carbons (Fsp3) is 0.250. The van der Waals surface area contributed by atoms with E-state index in [-0.39, 0.29) is 5.91 Å². The number of hydrogen-bond acceptors (Lipinski definition) is 6. The van der Waals surface area contributed by atoms with Crippen molar-refractivity contribution in [3.05, 3.63) is 65.2 Å². The molecule has 0 saturated carbocycles. The molecule has 3 aromatic heterocycles. The molecule has 0 aromatic carbocycles. The highest BCUT2D eigenvalue weighted by molar-refractivity contribution is 6.30. The normalized spacial score (nSPS) is 14.2. The molecular weight excluding hydrogens is 376 g/mol. The second-order valence-corrected chi connectivity index (χ2v) is 6.85. The van der Waals surface area contributed by atoms with Crippen molar-refractivity contribution in [3.8, 4) is 11.5 Å². The topological polar surface area (TPSA) is 75.1 Å². The van der Waals surface area contributed by atoms with Crippen LogP contribution in [0.1, 0.15) is 16.1 Å². The van der Waals surface area contributed by atoms with Crippen molar-refractivity contribution < 1.29 is 4.79 Å². The molecule has 7 nitrogen and oxygen atoms in total. The van der Waals surface area contributed by atoms with Gasteiger partial charge < -0.3 is 9.80 Å². The molecule has 0 N–H and O–H groups in total. The van der Waals surface area contributed by atoms with Crippen LogP contribution in [0.2, 0.25) is 5.15 Å². The third-order valence-electron chi connectivity index (χ3n) is 4.71. The first-order valence-corrected chi connectivity index (χ1v) is 9.42. The maximum atomic E-state index is 12.6. The standard InChI is InChI=1S/C20H19ClN6O/c1-14-17(21)24-18(15-6-2-4-8-22-15)25-19(14)26-10-12-27(13-11-26)20(28)16-7-3-5-9-23-16/h2-9H,10-13H2,1H3. The van der Waals surface area contributed by atoms with Crippen LogP contribution in [0.5, 0.6) is 0 Å². The van der Waals surface area contributed by atoms with Gasteiger partial charge in [0.25, 0.3) is 5.91 Å². The van der Waals surface area contributed by atoms with E-state index >= 15 is 0 Å². The van der Waals surface area contributed by atoms with E-state index in [9.17, 15) is 4.79 Å². The lowest BCUT2D eigenvalue weighted by molar-refractivity contribution is 0.0740. The second kappa shape index (κ2) is 7.90. The molecule has 0 unspecified atom stereocenters. The molecule has 4 heterocycles. The van der Waals surface area contributed by atoms with Crippen LogP contribution in [0.15, 0.2) is 48.8 Å². The Balaban J connectivity index is 1.53. The largest absolute Gasteiger partial charge is 0.353 e. The van der Waals surface area contributed by atoms with E-state index < -0.39 is 0 Å². The van der Waals surface area contributed by atoms with Crippen LogP contribution in [0.25, 0.3) is 11.5 Å². The van der Waals surface area contributed by atoms with Crippen molar-refractivity contribution in [2.45, 2.75) is 6.92 Å². The molecule has 1 saturated heterocycles. The van der Waals surface area contributed by atoms with Gasteiger partial charge in [0.1, 0.15) is 22.4 Å². The van der Waals surface area contributed by atoms with Crippen molar-refractivity contribution in [3.63, 3.8) is 0 Å². The van der Waals surface area contributed by atoms with Crippen LogP contribution in [0.3, 0.4) is 0 Å². The first-order valence-electron chi connectivity index (χ1n) is 9.04. The fourth-order valence-electron chi connectivity index (χ4n) is 3.17. The molecule has 4 rings (SSSR count). The maximum Gasteiger partial charge on any atom is 0.272 e. The van der Waals surface area contributed by atoms with Crippen molar-refractivity contribution in [1.82, 2.24) is 24.8 Å². The van der Waals surface area contributed by atoms with Gasteiger partial charge in [-0.05, 0) is 31.2 Å². The summed E-state index contributed by atoms with van der Waals surface area (Å²) in [5.74, 6) is 1.23. The van der Waals surface area contributed by atoms with Gasteiger partial charge in [0.2, 0.25) is 0 Å². The molecule has 1 aliphatic heterocycles. The van der Waals surface area contributed by atoms with Gasteiger partial charge in [-0.2, -0.15) is 0 Å². The van der Waals surface area contributed by atoms with Crippen LogP contribution in [0, 0.1) is 6.92 Å². The number of pyridine rings is 2. The third-order valence-corrected chi connectivity index (χ3v) is 5.07. The highest BCUT2D eigenvalue weighted by Gasteiger charge is 2.25. The molecule has 0 atom stereocenters. The van der Waals surface area contributed by atoms with Gasteiger partial charge in [-0.1, -0.05) is 23.7 Å². The Labute approximate surface area is 168 Å². The van der Waals surface area contributed by atoms with E-state index in [1.54, 1.807) is 24.5 Å². The van der Waals surface area contributed by atoms with Gasteiger partial charge >= 0.3 is 0 Å².